The molecule has 24 heavy (non-hydrogen) atoms. The molecule has 0 aromatic heterocycles. The Morgan fingerprint density at radius 2 is 2.21 bits per heavy atom. The number of hydrogen-bond donors (Lipinski definition) is 1. The molecule has 2 atom stereocenters. The highest BCUT2D eigenvalue weighted by Crippen LogP contribution is 2.35. The third-order valence-electron chi connectivity index (χ3n) is 5.12. The zero-order chi connectivity index (χ0) is 16.9. The predicted molar refractivity (Wildman–Crippen MR) is 93.3 cm³/mol. The number of nitrogens with one attached hydrogen (secondary N) is 1. The number of nitrogens with zero attached hydrogens (tertiary/aromatic N) is 1. The first-order valence-electron chi connectivity index (χ1n) is 9.03. The number of morpholine rings is 1. The molecule has 2 aliphatic rings. The summed E-state index contributed by atoms with van der Waals surface area (Å²) in [6.45, 7) is 4.76. The van der Waals surface area contributed by atoms with Gasteiger partial charge in [-0.3, -0.25) is 10.1 Å². The van der Waals surface area contributed by atoms with Gasteiger partial charge >= 0.3 is 0 Å². The maximum Gasteiger partial charge on any atom is 0.239 e. The summed E-state index contributed by atoms with van der Waals surface area (Å²) in [6, 6.07) is 6.32. The number of ether oxygens (including phenoxy) is 2. The molecule has 1 N–H and O–H groups in total. The lowest BCUT2D eigenvalue weighted by atomic mass is 9.86. The fourth-order valence-corrected chi connectivity index (χ4v) is 3.79. The quantitative estimate of drug-likeness (QED) is 0.899. The normalized spacial score (nSPS) is 21.9. The van der Waals surface area contributed by atoms with Gasteiger partial charge in [0.05, 0.1) is 26.4 Å². The molecule has 5 heteroatoms. The highest BCUT2D eigenvalue weighted by molar-refractivity contribution is 5.82. The molecule has 0 radical (unpaired) electrons. The number of hydrogen-bond acceptors (Lipinski definition) is 4. The molecule has 3 rings (SSSR count). The largest absolute Gasteiger partial charge is 0.496 e. The Balaban J connectivity index is 1.74. The Kier molecular flexibility index (Phi) is 5.74. The average Bonchev–Trinajstić information content (AvgIpc) is 2.65. The first-order chi connectivity index (χ1) is 11.7. The van der Waals surface area contributed by atoms with Crippen molar-refractivity contribution in [2.24, 2.45) is 0 Å². The van der Waals surface area contributed by atoms with Gasteiger partial charge in [0.1, 0.15) is 5.75 Å². The first-order valence-corrected chi connectivity index (χ1v) is 9.03. The van der Waals surface area contributed by atoms with Crippen molar-refractivity contribution in [3.63, 3.8) is 0 Å². The van der Waals surface area contributed by atoms with Gasteiger partial charge in [-0.2, -0.15) is 0 Å². The number of carbonyl (C=O) groups is 1. The van der Waals surface area contributed by atoms with E-state index in [-0.39, 0.29) is 18.0 Å². The summed E-state index contributed by atoms with van der Waals surface area (Å²) in [4.78, 5) is 14.8. The number of carbonyl (C=O) groups excluding carboxylic acids is 1. The van der Waals surface area contributed by atoms with Crippen LogP contribution in [0.25, 0.3) is 0 Å². The molecule has 0 bridgehead atoms. The number of methoxy groups -OCH3 is 1. The minimum Gasteiger partial charge on any atom is -0.496 e. The summed E-state index contributed by atoms with van der Waals surface area (Å²) in [5, 5.41) is 3.62. The molecule has 132 valence electrons. The first kappa shape index (κ1) is 17.2. The molecule has 1 heterocycles. The van der Waals surface area contributed by atoms with Gasteiger partial charge in [-0.15, -0.1) is 0 Å². The van der Waals surface area contributed by atoms with E-state index in [9.17, 15) is 4.79 Å². The summed E-state index contributed by atoms with van der Waals surface area (Å²) in [5.41, 5.74) is 2.58. The fourth-order valence-electron chi connectivity index (χ4n) is 3.79. The van der Waals surface area contributed by atoms with Crippen molar-refractivity contribution >= 4 is 5.91 Å². The molecule has 1 aromatic carbocycles. The Hall–Kier alpha value is -1.59. The summed E-state index contributed by atoms with van der Waals surface area (Å²) < 4.78 is 10.9. The van der Waals surface area contributed by atoms with E-state index in [1.165, 1.54) is 11.1 Å². The average molecular weight is 332 g/mol. The lowest BCUT2D eigenvalue weighted by Gasteiger charge is -2.34. The molecule has 1 fully saturated rings. The van der Waals surface area contributed by atoms with E-state index in [0.29, 0.717) is 26.3 Å². The highest BCUT2D eigenvalue weighted by Gasteiger charge is 2.29. The van der Waals surface area contributed by atoms with E-state index in [1.54, 1.807) is 7.11 Å². The lowest BCUT2D eigenvalue weighted by Crippen LogP contribution is -2.51. The van der Waals surface area contributed by atoms with Crippen LogP contribution in [0.5, 0.6) is 5.75 Å². The zero-order valence-electron chi connectivity index (χ0n) is 14.7. The molecule has 1 amide bonds. The molecule has 0 saturated carbocycles. The van der Waals surface area contributed by atoms with Crippen LogP contribution in [0.2, 0.25) is 0 Å². The predicted octanol–water partition coefficient (Wildman–Crippen LogP) is 2.30. The second kappa shape index (κ2) is 7.99. The number of amides is 1. The summed E-state index contributed by atoms with van der Waals surface area (Å²) in [7, 11) is 1.73. The molecule has 1 aliphatic heterocycles. The number of benzene rings is 1. The van der Waals surface area contributed by atoms with E-state index < -0.39 is 0 Å². The van der Waals surface area contributed by atoms with Gasteiger partial charge in [0, 0.05) is 19.1 Å². The van der Waals surface area contributed by atoms with Crippen molar-refractivity contribution in [3.05, 3.63) is 29.3 Å². The molecule has 1 aliphatic carbocycles. The van der Waals surface area contributed by atoms with E-state index in [1.807, 2.05) is 17.0 Å². The minimum atomic E-state index is -0.134. The van der Waals surface area contributed by atoms with Crippen molar-refractivity contribution in [2.45, 2.75) is 44.7 Å². The van der Waals surface area contributed by atoms with Crippen molar-refractivity contribution < 1.29 is 14.3 Å². The van der Waals surface area contributed by atoms with Crippen LogP contribution in [0.3, 0.4) is 0 Å². The Morgan fingerprint density at radius 3 is 2.92 bits per heavy atom. The summed E-state index contributed by atoms with van der Waals surface area (Å²) >= 11 is 0. The molecule has 1 saturated heterocycles. The Bertz CT molecular complexity index is 570. The Labute approximate surface area is 144 Å². The van der Waals surface area contributed by atoms with Crippen LogP contribution in [0, 0.1) is 0 Å². The van der Waals surface area contributed by atoms with Crippen LogP contribution >= 0.6 is 0 Å². The minimum absolute atomic E-state index is 0.134. The van der Waals surface area contributed by atoms with Crippen molar-refractivity contribution in [1.82, 2.24) is 10.2 Å². The van der Waals surface area contributed by atoms with Crippen LogP contribution < -0.4 is 10.1 Å². The van der Waals surface area contributed by atoms with E-state index in [2.05, 4.69) is 18.3 Å². The standard InChI is InChI=1S/C19H28N2O3/c1-3-16(19(22)21-10-12-24-13-11-21)20-17-8-4-7-15-14(17)6-5-9-18(15)23-2/h5-6,9,16-17,20H,3-4,7-8,10-13H2,1-2H3/t16-,17+/m0/s1. The van der Waals surface area contributed by atoms with Gasteiger partial charge in [-0.25, -0.2) is 0 Å². The van der Waals surface area contributed by atoms with Crippen molar-refractivity contribution in [3.8, 4) is 5.75 Å². The van der Waals surface area contributed by atoms with Crippen molar-refractivity contribution in [1.29, 1.82) is 0 Å². The lowest BCUT2D eigenvalue weighted by molar-refractivity contribution is -0.137. The van der Waals surface area contributed by atoms with E-state index >= 15 is 0 Å². The van der Waals surface area contributed by atoms with E-state index in [4.69, 9.17) is 9.47 Å². The molecular formula is C19H28N2O3. The van der Waals surface area contributed by atoms with Gasteiger partial charge in [0.15, 0.2) is 0 Å². The van der Waals surface area contributed by atoms with Gasteiger partial charge in [0.2, 0.25) is 5.91 Å². The molecule has 1 aromatic rings. The number of rotatable bonds is 5. The topological polar surface area (TPSA) is 50.8 Å². The fraction of sp³-hybridized carbons (Fsp3) is 0.632. The van der Waals surface area contributed by atoms with Crippen LogP contribution in [-0.4, -0.2) is 50.3 Å². The second-order valence-electron chi connectivity index (χ2n) is 6.54. The molecule has 0 spiro atoms. The van der Waals surface area contributed by atoms with E-state index in [0.717, 1.165) is 31.4 Å². The molecular weight excluding hydrogens is 304 g/mol. The monoisotopic (exact) mass is 332 g/mol. The molecule has 5 nitrogen and oxygen atoms in total. The third-order valence-corrected chi connectivity index (χ3v) is 5.12. The van der Waals surface area contributed by atoms with Gasteiger partial charge in [0.25, 0.3) is 0 Å². The van der Waals surface area contributed by atoms with Crippen LogP contribution in [0.15, 0.2) is 18.2 Å². The highest BCUT2D eigenvalue weighted by atomic mass is 16.5. The summed E-state index contributed by atoms with van der Waals surface area (Å²) in [5.74, 6) is 1.17. The van der Waals surface area contributed by atoms with Gasteiger partial charge in [-0.05, 0) is 42.9 Å². The maximum atomic E-state index is 12.8. The summed E-state index contributed by atoms with van der Waals surface area (Å²) in [6.07, 6.45) is 4.03. The maximum absolute atomic E-state index is 12.8. The van der Waals surface area contributed by atoms with Crippen LogP contribution in [0.1, 0.15) is 43.4 Å². The Morgan fingerprint density at radius 1 is 1.42 bits per heavy atom. The third kappa shape index (κ3) is 3.57. The smallest absolute Gasteiger partial charge is 0.239 e. The zero-order valence-corrected chi connectivity index (χ0v) is 14.7. The number of fused-ring (bicyclic) bond motifs is 1. The van der Waals surface area contributed by atoms with Crippen LogP contribution in [0.4, 0.5) is 0 Å². The second-order valence-corrected chi connectivity index (χ2v) is 6.54. The van der Waals surface area contributed by atoms with Gasteiger partial charge < -0.3 is 14.4 Å². The SMILES string of the molecule is CC[C@H](N[C@@H]1CCCc2c(OC)cccc21)C(=O)N1CCOCC1. The van der Waals surface area contributed by atoms with Crippen molar-refractivity contribution in [2.75, 3.05) is 33.4 Å². The van der Waals surface area contributed by atoms with Crippen LogP contribution in [-0.2, 0) is 16.0 Å². The molecule has 0 unspecified atom stereocenters. The van der Waals surface area contributed by atoms with Gasteiger partial charge in [-0.1, -0.05) is 19.1 Å².